The van der Waals surface area contributed by atoms with E-state index in [0.29, 0.717) is 14.9 Å². The van der Waals surface area contributed by atoms with Crippen LogP contribution in [0.1, 0.15) is 41.0 Å². The molecule has 0 fully saturated rings. The predicted octanol–water partition coefficient (Wildman–Crippen LogP) is 4.68. The van der Waals surface area contributed by atoms with Gasteiger partial charge in [-0.3, -0.25) is 4.79 Å². The fourth-order valence-corrected chi connectivity index (χ4v) is 2.93. The number of carbonyl (C=O) groups excluding carboxylic acids is 1. The van der Waals surface area contributed by atoms with Crippen molar-refractivity contribution in [2.75, 3.05) is 0 Å². The second-order valence-electron chi connectivity index (χ2n) is 5.18. The van der Waals surface area contributed by atoms with E-state index >= 15 is 0 Å². The largest absolute Gasteiger partial charge is 0.342 e. The Labute approximate surface area is 138 Å². The molecule has 0 aliphatic carbocycles. The maximum atomic E-state index is 12.3. The summed E-state index contributed by atoms with van der Waals surface area (Å²) in [6.45, 7) is 5.86. The van der Waals surface area contributed by atoms with Crippen LogP contribution in [0.4, 0.5) is 0 Å². The molecule has 3 nitrogen and oxygen atoms in total. The predicted molar refractivity (Wildman–Crippen MR) is 88.4 cm³/mol. The van der Waals surface area contributed by atoms with Gasteiger partial charge >= 0.3 is 0 Å². The molecule has 0 aliphatic heterocycles. The number of nitrogens with zero attached hydrogens (tertiary/aromatic N) is 1. The Hall–Kier alpha value is -1.10. The van der Waals surface area contributed by atoms with E-state index in [9.17, 15) is 4.79 Å². The first kappa shape index (κ1) is 16.3. The van der Waals surface area contributed by atoms with Crippen LogP contribution >= 0.6 is 34.5 Å². The number of thiazole rings is 1. The third kappa shape index (κ3) is 3.76. The number of amides is 1. The van der Waals surface area contributed by atoms with Crippen LogP contribution in [0, 0.1) is 0 Å². The van der Waals surface area contributed by atoms with Gasteiger partial charge < -0.3 is 5.32 Å². The van der Waals surface area contributed by atoms with Crippen LogP contribution in [0.15, 0.2) is 24.4 Å². The van der Waals surface area contributed by atoms with Crippen molar-refractivity contribution < 1.29 is 4.79 Å². The molecule has 6 heteroatoms. The third-order valence-corrected chi connectivity index (χ3v) is 5.03. The topological polar surface area (TPSA) is 42.0 Å². The summed E-state index contributed by atoms with van der Waals surface area (Å²) in [7, 11) is 0. The Bertz CT molecular complexity index is 667. The number of benzene rings is 1. The zero-order valence-electron chi connectivity index (χ0n) is 12.0. The molecule has 0 unspecified atom stereocenters. The zero-order chi connectivity index (χ0) is 15.6. The maximum Gasteiger partial charge on any atom is 0.263 e. The van der Waals surface area contributed by atoms with Crippen molar-refractivity contribution in [1.29, 1.82) is 0 Å². The molecule has 1 heterocycles. The number of halogens is 2. The van der Waals surface area contributed by atoms with E-state index in [1.807, 2.05) is 26.8 Å². The van der Waals surface area contributed by atoms with Crippen LogP contribution in [-0.4, -0.2) is 10.9 Å². The van der Waals surface area contributed by atoms with E-state index in [1.54, 1.807) is 18.3 Å². The second kappa shape index (κ2) is 6.34. The number of hydrogen-bond donors (Lipinski definition) is 1. The van der Waals surface area contributed by atoms with Gasteiger partial charge in [0.15, 0.2) is 0 Å². The number of aromatic nitrogens is 1. The fraction of sp³-hybridized carbons (Fsp3) is 0.333. The molecule has 0 atom stereocenters. The van der Waals surface area contributed by atoms with E-state index in [0.717, 1.165) is 17.0 Å². The molecule has 0 radical (unpaired) electrons. The molecule has 0 bridgehead atoms. The molecule has 1 N–H and O–H groups in total. The normalized spacial score (nSPS) is 11.5. The number of nitrogens with one attached hydrogen (secondary N) is 1. The van der Waals surface area contributed by atoms with Gasteiger partial charge in [0.1, 0.15) is 4.88 Å². The summed E-state index contributed by atoms with van der Waals surface area (Å²) in [5, 5.41) is 4.93. The number of aryl methyl sites for hydroxylation is 1. The summed E-state index contributed by atoms with van der Waals surface area (Å²) in [4.78, 5) is 17.1. The number of rotatable bonds is 4. The summed E-state index contributed by atoms with van der Waals surface area (Å²) in [6, 6.07) is 5.36. The average molecular weight is 343 g/mol. The van der Waals surface area contributed by atoms with Crippen molar-refractivity contribution in [2.45, 2.75) is 32.7 Å². The maximum absolute atomic E-state index is 12.3. The molecule has 0 spiro atoms. The lowest BCUT2D eigenvalue weighted by Crippen LogP contribution is -2.40. The Balaban J connectivity index is 2.19. The van der Waals surface area contributed by atoms with Gasteiger partial charge in [0.25, 0.3) is 5.91 Å². The van der Waals surface area contributed by atoms with Gasteiger partial charge in [-0.2, -0.15) is 0 Å². The first-order valence-corrected chi connectivity index (χ1v) is 8.13. The zero-order valence-corrected chi connectivity index (χ0v) is 14.4. The summed E-state index contributed by atoms with van der Waals surface area (Å²) in [5.74, 6) is -0.136. The van der Waals surface area contributed by atoms with Crippen molar-refractivity contribution in [3.05, 3.63) is 49.9 Å². The Morgan fingerprint density at radius 3 is 2.62 bits per heavy atom. The molecule has 1 amide bonds. The molecule has 0 saturated carbocycles. The first-order chi connectivity index (χ1) is 9.83. The van der Waals surface area contributed by atoms with Crippen LogP contribution in [0.2, 0.25) is 10.0 Å². The molecule has 2 rings (SSSR count). The lowest BCUT2D eigenvalue weighted by molar-refractivity contribution is 0.0916. The van der Waals surface area contributed by atoms with Crippen LogP contribution in [0.25, 0.3) is 0 Å². The lowest BCUT2D eigenvalue weighted by atomic mass is 9.94. The Morgan fingerprint density at radius 2 is 2.05 bits per heavy atom. The highest BCUT2D eigenvalue weighted by molar-refractivity contribution is 7.13. The fourth-order valence-electron chi connectivity index (χ4n) is 1.88. The molecule has 2 aromatic rings. The van der Waals surface area contributed by atoms with Crippen LogP contribution in [0.5, 0.6) is 0 Å². The van der Waals surface area contributed by atoms with Gasteiger partial charge in [0, 0.05) is 0 Å². The van der Waals surface area contributed by atoms with E-state index in [-0.39, 0.29) is 5.91 Å². The number of carbonyl (C=O) groups is 1. The van der Waals surface area contributed by atoms with Gasteiger partial charge in [-0.25, -0.2) is 4.98 Å². The van der Waals surface area contributed by atoms with Crippen LogP contribution in [0.3, 0.4) is 0 Å². The molecular formula is C15H16Cl2N2OS. The standard InChI is InChI=1S/C15H16Cl2N2OS/c1-4-13-18-8-12(21-13)14(20)19-15(2,3)9-5-6-10(16)11(17)7-9/h5-8H,4H2,1-3H3,(H,19,20). The van der Waals surface area contributed by atoms with E-state index < -0.39 is 5.54 Å². The van der Waals surface area contributed by atoms with E-state index in [1.165, 1.54) is 11.3 Å². The molecule has 1 aromatic carbocycles. The summed E-state index contributed by atoms with van der Waals surface area (Å²) in [6.07, 6.45) is 2.44. The van der Waals surface area contributed by atoms with E-state index in [2.05, 4.69) is 10.3 Å². The highest BCUT2D eigenvalue weighted by Crippen LogP contribution is 2.29. The smallest absolute Gasteiger partial charge is 0.263 e. The van der Waals surface area contributed by atoms with Gasteiger partial charge in [-0.05, 0) is 38.0 Å². The van der Waals surface area contributed by atoms with Crippen molar-refractivity contribution in [3.8, 4) is 0 Å². The molecule has 0 aliphatic rings. The second-order valence-corrected chi connectivity index (χ2v) is 7.11. The average Bonchev–Trinajstić information content (AvgIpc) is 2.90. The number of hydrogen-bond acceptors (Lipinski definition) is 3. The quantitative estimate of drug-likeness (QED) is 0.876. The third-order valence-electron chi connectivity index (χ3n) is 3.15. The molecule has 0 saturated heterocycles. The van der Waals surface area contributed by atoms with Gasteiger partial charge in [-0.1, -0.05) is 36.2 Å². The lowest BCUT2D eigenvalue weighted by Gasteiger charge is -2.27. The summed E-state index contributed by atoms with van der Waals surface area (Å²) < 4.78 is 0. The summed E-state index contributed by atoms with van der Waals surface area (Å²) >= 11 is 13.4. The highest BCUT2D eigenvalue weighted by atomic mass is 35.5. The summed E-state index contributed by atoms with van der Waals surface area (Å²) in [5.41, 5.74) is 0.340. The first-order valence-electron chi connectivity index (χ1n) is 6.56. The molecule has 1 aromatic heterocycles. The molecular weight excluding hydrogens is 327 g/mol. The van der Waals surface area contributed by atoms with E-state index in [4.69, 9.17) is 23.2 Å². The minimum absolute atomic E-state index is 0.136. The van der Waals surface area contributed by atoms with Gasteiger partial charge in [0.2, 0.25) is 0 Å². The highest BCUT2D eigenvalue weighted by Gasteiger charge is 2.25. The van der Waals surface area contributed by atoms with Crippen molar-refractivity contribution in [1.82, 2.24) is 10.3 Å². The van der Waals surface area contributed by atoms with Crippen molar-refractivity contribution >= 4 is 40.4 Å². The minimum Gasteiger partial charge on any atom is -0.342 e. The van der Waals surface area contributed by atoms with Crippen molar-refractivity contribution in [2.24, 2.45) is 0 Å². The SMILES string of the molecule is CCc1ncc(C(=O)NC(C)(C)c2ccc(Cl)c(Cl)c2)s1. The van der Waals surface area contributed by atoms with Crippen LogP contribution in [-0.2, 0) is 12.0 Å². The monoisotopic (exact) mass is 342 g/mol. The minimum atomic E-state index is -0.554. The van der Waals surface area contributed by atoms with Crippen molar-refractivity contribution in [3.63, 3.8) is 0 Å². The van der Waals surface area contributed by atoms with Gasteiger partial charge in [0.05, 0.1) is 26.8 Å². The van der Waals surface area contributed by atoms with Gasteiger partial charge in [-0.15, -0.1) is 11.3 Å². The Morgan fingerprint density at radius 1 is 1.33 bits per heavy atom. The molecule has 21 heavy (non-hydrogen) atoms. The Kier molecular flexibility index (Phi) is 4.91. The van der Waals surface area contributed by atoms with Crippen LogP contribution < -0.4 is 5.32 Å². The molecule has 112 valence electrons.